The number of ether oxygens (including phenoxy) is 2. The number of alkyl carbamates (subject to hydrolysis) is 1. The second kappa shape index (κ2) is 14.8. The summed E-state index contributed by atoms with van der Waals surface area (Å²) in [6.07, 6.45) is -0.539. The lowest BCUT2D eigenvalue weighted by Gasteiger charge is -2.33. The molecule has 0 radical (unpaired) electrons. The number of hydrogen-bond acceptors (Lipinski definition) is 7. The van der Waals surface area contributed by atoms with Crippen molar-refractivity contribution in [3.63, 3.8) is 0 Å². The number of nitriles is 1. The molecule has 0 heterocycles. The number of esters is 1. The molecule has 10 heteroatoms. The van der Waals surface area contributed by atoms with Gasteiger partial charge in [0.05, 0.1) is 19.1 Å². The fourth-order valence-corrected chi connectivity index (χ4v) is 3.65. The second-order valence-electron chi connectivity index (χ2n) is 10.1. The van der Waals surface area contributed by atoms with Gasteiger partial charge in [-0.15, -0.1) is 0 Å². The van der Waals surface area contributed by atoms with Crippen molar-refractivity contribution >= 4 is 23.9 Å². The minimum absolute atomic E-state index is 0.000146. The molecular formula is C27H40N4O6. The van der Waals surface area contributed by atoms with E-state index in [9.17, 15) is 24.4 Å². The van der Waals surface area contributed by atoms with E-state index in [1.54, 1.807) is 45.9 Å². The SMILES string of the molecule is CCOC(=O)CCNC(=O)C(c1cccc(C)c1)N(CC#N)C(=O)C(CC(C)C)NC(=O)OC(C)(C)C. The molecule has 1 aromatic carbocycles. The minimum Gasteiger partial charge on any atom is -0.466 e. The summed E-state index contributed by atoms with van der Waals surface area (Å²) in [5, 5.41) is 14.9. The first-order valence-electron chi connectivity index (χ1n) is 12.5. The molecule has 0 fully saturated rings. The number of rotatable bonds is 12. The zero-order valence-corrected chi connectivity index (χ0v) is 22.9. The van der Waals surface area contributed by atoms with Gasteiger partial charge in [-0.25, -0.2) is 4.79 Å². The van der Waals surface area contributed by atoms with Crippen molar-refractivity contribution in [1.29, 1.82) is 5.26 Å². The van der Waals surface area contributed by atoms with E-state index >= 15 is 0 Å². The highest BCUT2D eigenvalue weighted by atomic mass is 16.6. The Labute approximate surface area is 219 Å². The van der Waals surface area contributed by atoms with Gasteiger partial charge in [-0.2, -0.15) is 5.26 Å². The Kier molecular flexibility index (Phi) is 12.6. The summed E-state index contributed by atoms with van der Waals surface area (Å²) in [7, 11) is 0. The first kappa shape index (κ1) is 31.4. The van der Waals surface area contributed by atoms with Crippen LogP contribution in [0.25, 0.3) is 0 Å². The van der Waals surface area contributed by atoms with Crippen molar-refractivity contribution in [2.45, 2.75) is 79.0 Å². The average Bonchev–Trinajstić information content (AvgIpc) is 2.76. The average molecular weight is 517 g/mol. The smallest absolute Gasteiger partial charge is 0.408 e. The summed E-state index contributed by atoms with van der Waals surface area (Å²) >= 11 is 0. The van der Waals surface area contributed by atoms with Gasteiger partial charge in [0.2, 0.25) is 11.8 Å². The van der Waals surface area contributed by atoms with E-state index in [1.807, 2.05) is 32.9 Å². The molecule has 204 valence electrons. The van der Waals surface area contributed by atoms with Gasteiger partial charge in [0.15, 0.2) is 0 Å². The normalized spacial score (nSPS) is 12.6. The number of hydrogen-bond donors (Lipinski definition) is 2. The maximum absolute atomic E-state index is 13.8. The fraction of sp³-hybridized carbons (Fsp3) is 0.593. The molecule has 3 amide bonds. The number of nitrogens with zero attached hydrogens (tertiary/aromatic N) is 2. The van der Waals surface area contributed by atoms with E-state index in [4.69, 9.17) is 9.47 Å². The van der Waals surface area contributed by atoms with Crippen molar-refractivity contribution in [3.8, 4) is 6.07 Å². The monoisotopic (exact) mass is 516 g/mol. The molecule has 0 aliphatic heterocycles. The standard InChI is InChI=1S/C27H40N4O6/c1-8-36-22(32)12-14-29-24(33)23(20-11-9-10-19(4)17-20)31(15-13-28)25(34)21(16-18(2)3)30-26(35)37-27(5,6)7/h9-11,17-18,21,23H,8,12,14-16H2,1-7H3,(H,29,33)(H,30,35). The maximum Gasteiger partial charge on any atom is 0.408 e. The van der Waals surface area contributed by atoms with Crippen molar-refractivity contribution in [2.75, 3.05) is 19.7 Å². The van der Waals surface area contributed by atoms with Crippen LogP contribution in [0.5, 0.6) is 0 Å². The molecular weight excluding hydrogens is 476 g/mol. The van der Waals surface area contributed by atoms with Crippen molar-refractivity contribution < 1.29 is 28.7 Å². The van der Waals surface area contributed by atoms with Crippen molar-refractivity contribution in [1.82, 2.24) is 15.5 Å². The van der Waals surface area contributed by atoms with Crippen LogP contribution in [0.1, 0.15) is 71.6 Å². The molecule has 0 bridgehead atoms. The van der Waals surface area contributed by atoms with Crippen LogP contribution in [0.2, 0.25) is 0 Å². The molecule has 0 aromatic heterocycles. The summed E-state index contributed by atoms with van der Waals surface area (Å²) in [6, 6.07) is 6.83. The Balaban J connectivity index is 3.35. The first-order chi connectivity index (χ1) is 17.3. The fourth-order valence-electron chi connectivity index (χ4n) is 3.65. The number of nitrogens with one attached hydrogen (secondary N) is 2. The predicted octanol–water partition coefficient (Wildman–Crippen LogP) is 3.40. The summed E-state index contributed by atoms with van der Waals surface area (Å²) in [5.41, 5.74) is 0.583. The molecule has 2 atom stereocenters. The Hall–Kier alpha value is -3.61. The van der Waals surface area contributed by atoms with Gasteiger partial charge >= 0.3 is 12.1 Å². The predicted molar refractivity (Wildman–Crippen MR) is 138 cm³/mol. The summed E-state index contributed by atoms with van der Waals surface area (Å²) in [5.74, 6) is -1.59. The van der Waals surface area contributed by atoms with Crippen LogP contribution in [0.15, 0.2) is 24.3 Å². The van der Waals surface area contributed by atoms with Gasteiger partial charge in [-0.3, -0.25) is 14.4 Å². The van der Waals surface area contributed by atoms with Crippen LogP contribution in [0.3, 0.4) is 0 Å². The van der Waals surface area contributed by atoms with Gasteiger partial charge < -0.3 is 25.0 Å². The van der Waals surface area contributed by atoms with Crippen LogP contribution in [0.4, 0.5) is 4.79 Å². The molecule has 2 unspecified atom stereocenters. The molecule has 2 N–H and O–H groups in total. The highest BCUT2D eigenvalue weighted by Crippen LogP contribution is 2.24. The third kappa shape index (κ3) is 11.3. The van der Waals surface area contributed by atoms with E-state index in [-0.39, 0.29) is 31.9 Å². The number of carbonyl (C=O) groups excluding carboxylic acids is 4. The van der Waals surface area contributed by atoms with E-state index in [1.165, 1.54) is 0 Å². The second-order valence-corrected chi connectivity index (χ2v) is 10.1. The van der Waals surface area contributed by atoms with Gasteiger partial charge in [0.25, 0.3) is 0 Å². The maximum atomic E-state index is 13.8. The van der Waals surface area contributed by atoms with E-state index in [0.29, 0.717) is 5.56 Å². The van der Waals surface area contributed by atoms with Gasteiger partial charge in [0.1, 0.15) is 24.2 Å². The van der Waals surface area contributed by atoms with E-state index < -0.39 is 48.1 Å². The van der Waals surface area contributed by atoms with Gasteiger partial charge in [-0.1, -0.05) is 43.7 Å². The lowest BCUT2D eigenvalue weighted by molar-refractivity contribution is -0.144. The third-order valence-electron chi connectivity index (χ3n) is 5.07. The Morgan fingerprint density at radius 2 is 1.84 bits per heavy atom. The lowest BCUT2D eigenvalue weighted by atomic mass is 9.98. The molecule has 0 aliphatic carbocycles. The molecule has 1 aromatic rings. The molecule has 10 nitrogen and oxygen atoms in total. The summed E-state index contributed by atoms with van der Waals surface area (Å²) < 4.78 is 10.2. The molecule has 1 rings (SSSR count). The Morgan fingerprint density at radius 3 is 2.38 bits per heavy atom. The zero-order valence-electron chi connectivity index (χ0n) is 22.9. The van der Waals surface area contributed by atoms with E-state index in [2.05, 4.69) is 10.6 Å². The molecule has 0 aliphatic rings. The van der Waals surface area contributed by atoms with Gasteiger partial charge in [0, 0.05) is 6.54 Å². The zero-order chi connectivity index (χ0) is 28.2. The quantitative estimate of drug-likeness (QED) is 0.321. The first-order valence-corrected chi connectivity index (χ1v) is 12.5. The number of benzene rings is 1. The largest absolute Gasteiger partial charge is 0.466 e. The summed E-state index contributed by atoms with van der Waals surface area (Å²) in [6.45, 7) is 12.3. The lowest BCUT2D eigenvalue weighted by Crippen LogP contribution is -2.53. The van der Waals surface area contributed by atoms with Crippen LogP contribution < -0.4 is 10.6 Å². The Morgan fingerprint density at radius 1 is 1.16 bits per heavy atom. The van der Waals surface area contributed by atoms with Crippen LogP contribution in [-0.2, 0) is 23.9 Å². The van der Waals surface area contributed by atoms with E-state index in [0.717, 1.165) is 10.5 Å². The number of aryl methyl sites for hydroxylation is 1. The molecule has 37 heavy (non-hydrogen) atoms. The van der Waals surface area contributed by atoms with Crippen LogP contribution in [0, 0.1) is 24.2 Å². The molecule has 0 saturated heterocycles. The number of carbonyl (C=O) groups is 4. The van der Waals surface area contributed by atoms with Crippen molar-refractivity contribution in [2.24, 2.45) is 5.92 Å². The third-order valence-corrected chi connectivity index (χ3v) is 5.07. The Bertz CT molecular complexity index is 980. The van der Waals surface area contributed by atoms with Crippen LogP contribution >= 0.6 is 0 Å². The molecule has 0 saturated carbocycles. The summed E-state index contributed by atoms with van der Waals surface area (Å²) in [4.78, 5) is 52.6. The minimum atomic E-state index is -1.16. The van der Waals surface area contributed by atoms with Gasteiger partial charge in [-0.05, 0) is 52.5 Å². The highest BCUT2D eigenvalue weighted by molar-refractivity contribution is 5.92. The van der Waals surface area contributed by atoms with Crippen molar-refractivity contribution in [3.05, 3.63) is 35.4 Å². The topological polar surface area (TPSA) is 138 Å². The van der Waals surface area contributed by atoms with Crippen LogP contribution in [-0.4, -0.2) is 60.1 Å². The highest BCUT2D eigenvalue weighted by Gasteiger charge is 2.36. The number of amides is 3. The molecule has 0 spiro atoms.